The Kier molecular flexibility index (Phi) is 8.87. The molecule has 1 amide bonds. The van der Waals surface area contributed by atoms with Crippen molar-refractivity contribution < 1.29 is 55.4 Å². The van der Waals surface area contributed by atoms with E-state index in [0.29, 0.717) is 11.4 Å². The van der Waals surface area contributed by atoms with Crippen LogP contribution in [0.4, 0.5) is 32.0 Å². The first-order valence-electron chi connectivity index (χ1n) is 9.83. The van der Waals surface area contributed by atoms with E-state index in [0.717, 1.165) is 12.1 Å². The molecule has 3 rings (SSSR count). The molecule has 0 aliphatic rings. The number of aliphatic carboxylic acids is 1. The maximum Gasteiger partial charge on any atom is 0.490 e. The van der Waals surface area contributed by atoms with Gasteiger partial charge in [-0.3, -0.25) is 4.79 Å². The number of furan rings is 1. The molecule has 0 radical (unpaired) electrons. The highest BCUT2D eigenvalue weighted by molar-refractivity contribution is 5.93. The first kappa shape index (κ1) is 28.7. The second-order valence-corrected chi connectivity index (χ2v) is 7.21. The number of alkyl halides is 6. The number of nitrogens with two attached hydrogens (primary N) is 1. The fraction of sp³-hybridized carbons (Fsp3) is 0.250. The Hall–Kier alpha value is -4.57. The Labute approximate surface area is 202 Å². The van der Waals surface area contributed by atoms with Crippen LogP contribution in [-0.2, 0) is 11.2 Å². The summed E-state index contributed by atoms with van der Waals surface area (Å²) in [5, 5.41) is 25.9. The Balaban J connectivity index is 0.000000604. The van der Waals surface area contributed by atoms with Crippen molar-refractivity contribution >= 4 is 23.5 Å². The summed E-state index contributed by atoms with van der Waals surface area (Å²) in [4.78, 5) is 31.9. The monoisotopic (exact) mass is 537 g/mol. The van der Waals surface area contributed by atoms with Gasteiger partial charge in [-0.05, 0) is 36.4 Å². The molecular formula is C20H17F6N5O6. The van der Waals surface area contributed by atoms with Gasteiger partial charge >= 0.3 is 24.3 Å². The Bertz CT molecular complexity index is 1240. The summed E-state index contributed by atoms with van der Waals surface area (Å²) >= 11 is 0. The van der Waals surface area contributed by atoms with Gasteiger partial charge in [-0.2, -0.15) is 26.3 Å². The lowest BCUT2D eigenvalue weighted by Gasteiger charge is -2.18. The Morgan fingerprint density at radius 1 is 1.00 bits per heavy atom. The van der Waals surface area contributed by atoms with Gasteiger partial charge in [-0.15, -0.1) is 5.10 Å². The van der Waals surface area contributed by atoms with Crippen molar-refractivity contribution in [1.82, 2.24) is 20.3 Å². The third kappa shape index (κ3) is 9.19. The Morgan fingerprint density at radius 2 is 1.57 bits per heavy atom. The number of amides is 1. The molecule has 0 spiro atoms. The van der Waals surface area contributed by atoms with E-state index >= 15 is 0 Å². The molecule has 0 fully saturated rings. The summed E-state index contributed by atoms with van der Waals surface area (Å²) in [5.74, 6) is -6.04. The minimum atomic E-state index is -5.08. The topological polar surface area (TPSA) is 174 Å². The molecule has 2 aromatic heterocycles. The summed E-state index contributed by atoms with van der Waals surface area (Å²) in [5.41, 5.74) is 6.98. The smallest absolute Gasteiger partial charge is 0.475 e. The van der Waals surface area contributed by atoms with E-state index in [4.69, 9.17) is 25.2 Å². The first-order valence-corrected chi connectivity index (χ1v) is 9.83. The molecule has 1 unspecified atom stereocenters. The molecule has 17 heteroatoms. The highest BCUT2D eigenvalue weighted by Gasteiger charge is 2.38. The highest BCUT2D eigenvalue weighted by Crippen LogP contribution is 2.23. The predicted molar refractivity (Wildman–Crippen MR) is 111 cm³/mol. The number of carbonyl (C=O) groups is 3. The molecule has 0 saturated carbocycles. The minimum absolute atomic E-state index is 0.215. The van der Waals surface area contributed by atoms with Gasteiger partial charge in [0.25, 0.3) is 5.91 Å². The number of nitrogen functional groups attached to an aromatic ring is 1. The van der Waals surface area contributed by atoms with E-state index in [9.17, 15) is 35.9 Å². The molecule has 37 heavy (non-hydrogen) atoms. The van der Waals surface area contributed by atoms with Crippen molar-refractivity contribution in [3.05, 3.63) is 59.8 Å². The zero-order valence-corrected chi connectivity index (χ0v) is 18.2. The summed E-state index contributed by atoms with van der Waals surface area (Å²) < 4.78 is 76.8. The van der Waals surface area contributed by atoms with E-state index < -0.39 is 54.2 Å². The van der Waals surface area contributed by atoms with Crippen LogP contribution in [0.15, 0.2) is 47.0 Å². The normalized spacial score (nSPS) is 12.3. The van der Waals surface area contributed by atoms with Gasteiger partial charge in [-0.25, -0.2) is 14.3 Å². The molecule has 200 valence electrons. The number of rotatable bonds is 7. The van der Waals surface area contributed by atoms with Crippen molar-refractivity contribution in [3.63, 3.8) is 0 Å². The van der Waals surface area contributed by atoms with Crippen LogP contribution in [0.3, 0.4) is 0 Å². The fourth-order valence-electron chi connectivity index (χ4n) is 2.68. The van der Waals surface area contributed by atoms with Gasteiger partial charge in [0.2, 0.25) is 5.76 Å². The number of anilines is 1. The molecule has 0 bridgehead atoms. The van der Waals surface area contributed by atoms with Gasteiger partial charge in [0.15, 0.2) is 5.76 Å². The molecule has 0 saturated heterocycles. The summed E-state index contributed by atoms with van der Waals surface area (Å²) in [7, 11) is 0. The number of halogens is 6. The van der Waals surface area contributed by atoms with Crippen LogP contribution in [0.5, 0.6) is 0 Å². The third-order valence-corrected chi connectivity index (χ3v) is 4.25. The van der Waals surface area contributed by atoms with Crippen LogP contribution in [0.1, 0.15) is 33.2 Å². The largest absolute Gasteiger partial charge is 0.490 e. The zero-order valence-electron chi connectivity index (χ0n) is 18.2. The van der Waals surface area contributed by atoms with Crippen molar-refractivity contribution in [2.24, 2.45) is 0 Å². The number of hydrogen-bond acceptors (Lipinski definition) is 7. The zero-order chi connectivity index (χ0) is 28.0. The van der Waals surface area contributed by atoms with Crippen LogP contribution >= 0.6 is 0 Å². The van der Waals surface area contributed by atoms with E-state index in [1.165, 1.54) is 10.9 Å². The number of benzene rings is 1. The quantitative estimate of drug-likeness (QED) is 0.261. The molecule has 3 aromatic rings. The van der Waals surface area contributed by atoms with Crippen molar-refractivity contribution in [1.29, 1.82) is 0 Å². The first-order chi connectivity index (χ1) is 17.0. The SMILES string of the molecule is Nc1ccc(-n2cc(CC(CC(F)(F)F)NC(=O)c3ccc(C(=O)O)o3)nn2)cc1.O=C(O)C(F)(F)F. The summed E-state index contributed by atoms with van der Waals surface area (Å²) in [6.07, 6.45) is -9.77. The van der Waals surface area contributed by atoms with E-state index in [1.54, 1.807) is 24.3 Å². The number of hydrogen-bond donors (Lipinski definition) is 4. The van der Waals surface area contributed by atoms with E-state index in [1.807, 2.05) is 0 Å². The lowest BCUT2D eigenvalue weighted by Crippen LogP contribution is -2.39. The van der Waals surface area contributed by atoms with Crippen LogP contribution in [0.2, 0.25) is 0 Å². The molecular weight excluding hydrogens is 520 g/mol. The molecule has 2 heterocycles. The van der Waals surface area contributed by atoms with Crippen molar-refractivity contribution in [2.75, 3.05) is 5.73 Å². The number of carboxylic acid groups (broad SMARTS) is 2. The number of aromatic nitrogens is 3. The fourth-order valence-corrected chi connectivity index (χ4v) is 2.68. The minimum Gasteiger partial charge on any atom is -0.475 e. The number of nitrogens with zero attached hydrogens (tertiary/aromatic N) is 3. The second kappa shape index (κ2) is 11.4. The van der Waals surface area contributed by atoms with Crippen LogP contribution in [0, 0.1) is 0 Å². The van der Waals surface area contributed by atoms with Crippen molar-refractivity contribution in [2.45, 2.75) is 31.2 Å². The summed E-state index contributed by atoms with van der Waals surface area (Å²) in [6.45, 7) is 0. The van der Waals surface area contributed by atoms with Gasteiger partial charge in [-0.1, -0.05) is 5.21 Å². The molecule has 11 nitrogen and oxygen atoms in total. The third-order valence-electron chi connectivity index (χ3n) is 4.25. The predicted octanol–water partition coefficient (Wildman–Crippen LogP) is 3.07. The van der Waals surface area contributed by atoms with Crippen LogP contribution in [-0.4, -0.2) is 61.4 Å². The lowest BCUT2D eigenvalue weighted by atomic mass is 10.1. The Morgan fingerprint density at radius 3 is 2.05 bits per heavy atom. The lowest BCUT2D eigenvalue weighted by molar-refractivity contribution is -0.192. The average Bonchev–Trinajstić information content (AvgIpc) is 3.43. The van der Waals surface area contributed by atoms with Gasteiger partial charge in [0.1, 0.15) is 0 Å². The summed E-state index contributed by atoms with van der Waals surface area (Å²) in [6, 6.07) is 7.34. The molecule has 0 aliphatic carbocycles. The van der Waals surface area contributed by atoms with Crippen LogP contribution in [0.25, 0.3) is 5.69 Å². The molecule has 1 aromatic carbocycles. The van der Waals surface area contributed by atoms with E-state index in [2.05, 4.69) is 15.6 Å². The maximum absolute atomic E-state index is 13.0. The molecule has 0 aliphatic heterocycles. The van der Waals surface area contributed by atoms with Gasteiger partial charge in [0.05, 0.1) is 24.0 Å². The highest BCUT2D eigenvalue weighted by atomic mass is 19.4. The number of carbonyl (C=O) groups excluding carboxylic acids is 1. The number of aromatic carboxylic acids is 1. The van der Waals surface area contributed by atoms with Gasteiger partial charge < -0.3 is 25.7 Å². The molecule has 5 N–H and O–H groups in total. The average molecular weight is 537 g/mol. The van der Waals surface area contributed by atoms with Crippen molar-refractivity contribution in [3.8, 4) is 5.69 Å². The maximum atomic E-state index is 13.0. The molecule has 1 atom stereocenters. The second-order valence-electron chi connectivity index (χ2n) is 7.21. The number of nitrogens with one attached hydrogen (secondary N) is 1. The van der Waals surface area contributed by atoms with Gasteiger partial charge in [0, 0.05) is 18.2 Å². The standard InChI is InChI=1S/C18H16F3N5O4.C2HF3O2/c19-18(20,21)8-11(23-16(27)14-5-6-15(30-14)17(28)29)7-12-9-26(25-24-12)13-3-1-10(22)2-4-13;3-2(4,5)1(6)7/h1-6,9,11H,7-8,22H2,(H,23,27)(H,28,29);(H,6,7). The number of carboxylic acids is 2. The van der Waals surface area contributed by atoms with E-state index in [-0.39, 0.29) is 12.1 Å². The van der Waals surface area contributed by atoms with Crippen LogP contribution < -0.4 is 11.1 Å².